The van der Waals surface area contributed by atoms with Crippen LogP contribution < -0.4 is 14.8 Å². The van der Waals surface area contributed by atoms with E-state index >= 15 is 0 Å². The summed E-state index contributed by atoms with van der Waals surface area (Å²) in [6.45, 7) is 6.49. The molecule has 0 saturated carbocycles. The highest BCUT2D eigenvalue weighted by atomic mass is 16.5. The standard InChI is InChI=1S/C18H26N2O5/c1-11(2)25-16-6-5-14(24-4)8-15(16)19-18(23)20-9-12(3)7-13(10-20)17(21)22/h5-6,8,11-13H,7,9-10H2,1-4H3,(H,19,23)(H,21,22). The number of anilines is 1. The van der Waals surface area contributed by atoms with Crippen molar-refractivity contribution in [1.29, 1.82) is 0 Å². The number of rotatable bonds is 5. The van der Waals surface area contributed by atoms with Crippen LogP contribution in [0.15, 0.2) is 18.2 Å². The van der Waals surface area contributed by atoms with Crippen LogP contribution in [0.4, 0.5) is 10.5 Å². The number of carbonyl (C=O) groups excluding carboxylic acids is 1. The minimum atomic E-state index is -0.866. The number of carbonyl (C=O) groups is 2. The second kappa shape index (κ2) is 8.09. The Bertz CT molecular complexity index is 632. The maximum Gasteiger partial charge on any atom is 0.321 e. The lowest BCUT2D eigenvalue weighted by Crippen LogP contribution is -2.47. The largest absolute Gasteiger partial charge is 0.497 e. The molecule has 0 bridgehead atoms. The summed E-state index contributed by atoms with van der Waals surface area (Å²) in [5, 5.41) is 12.1. The predicted molar refractivity (Wildman–Crippen MR) is 94.3 cm³/mol. The van der Waals surface area contributed by atoms with Crippen molar-refractivity contribution >= 4 is 17.7 Å². The highest BCUT2D eigenvalue weighted by molar-refractivity contribution is 5.91. The topological polar surface area (TPSA) is 88.1 Å². The Morgan fingerprint density at radius 3 is 2.64 bits per heavy atom. The Hall–Kier alpha value is -2.44. The molecule has 2 amide bonds. The molecule has 0 spiro atoms. The van der Waals surface area contributed by atoms with Gasteiger partial charge in [-0.05, 0) is 38.3 Å². The third-order valence-electron chi connectivity index (χ3n) is 4.09. The first-order valence-electron chi connectivity index (χ1n) is 8.43. The van der Waals surface area contributed by atoms with E-state index in [0.717, 1.165) is 0 Å². The van der Waals surface area contributed by atoms with Gasteiger partial charge in [-0.15, -0.1) is 0 Å². The Balaban J connectivity index is 2.17. The molecular formula is C18H26N2O5. The smallest absolute Gasteiger partial charge is 0.321 e. The zero-order valence-electron chi connectivity index (χ0n) is 15.1. The number of hydrogen-bond donors (Lipinski definition) is 2. The molecule has 7 heteroatoms. The zero-order valence-corrected chi connectivity index (χ0v) is 15.1. The lowest BCUT2D eigenvalue weighted by molar-refractivity contribution is -0.143. The van der Waals surface area contributed by atoms with Crippen LogP contribution in [0.1, 0.15) is 27.2 Å². The summed E-state index contributed by atoms with van der Waals surface area (Å²) in [7, 11) is 1.55. The number of likely N-dealkylation sites (tertiary alicyclic amines) is 1. The minimum Gasteiger partial charge on any atom is -0.497 e. The van der Waals surface area contributed by atoms with Gasteiger partial charge in [-0.2, -0.15) is 0 Å². The quantitative estimate of drug-likeness (QED) is 0.852. The number of piperidine rings is 1. The molecule has 2 unspecified atom stereocenters. The number of nitrogens with zero attached hydrogens (tertiary/aromatic N) is 1. The molecule has 1 heterocycles. The molecule has 0 radical (unpaired) electrons. The van der Waals surface area contributed by atoms with Gasteiger partial charge < -0.3 is 24.8 Å². The van der Waals surface area contributed by atoms with Crippen molar-refractivity contribution in [2.75, 3.05) is 25.5 Å². The number of ether oxygens (including phenoxy) is 2. The molecule has 1 aromatic carbocycles. The van der Waals surface area contributed by atoms with E-state index in [1.165, 1.54) is 0 Å². The molecular weight excluding hydrogens is 324 g/mol. The summed E-state index contributed by atoms with van der Waals surface area (Å²) in [6.07, 6.45) is 0.537. The van der Waals surface area contributed by atoms with E-state index in [9.17, 15) is 14.7 Å². The van der Waals surface area contributed by atoms with Crippen LogP contribution in [0.2, 0.25) is 0 Å². The number of nitrogens with one attached hydrogen (secondary N) is 1. The van der Waals surface area contributed by atoms with E-state index in [1.807, 2.05) is 20.8 Å². The van der Waals surface area contributed by atoms with Gasteiger partial charge in [-0.3, -0.25) is 4.79 Å². The van der Waals surface area contributed by atoms with Crippen LogP contribution in [-0.2, 0) is 4.79 Å². The second-order valence-corrected chi connectivity index (χ2v) is 6.74. The average Bonchev–Trinajstić information content (AvgIpc) is 2.55. The van der Waals surface area contributed by atoms with Gasteiger partial charge in [0.25, 0.3) is 0 Å². The molecule has 1 aliphatic heterocycles. The van der Waals surface area contributed by atoms with Gasteiger partial charge in [0, 0.05) is 19.2 Å². The summed E-state index contributed by atoms with van der Waals surface area (Å²) in [4.78, 5) is 25.5. The SMILES string of the molecule is COc1ccc(OC(C)C)c(NC(=O)N2CC(C)CC(C(=O)O)C2)c1. The van der Waals surface area contributed by atoms with Crippen LogP contribution in [0.5, 0.6) is 11.5 Å². The van der Waals surface area contributed by atoms with E-state index in [0.29, 0.717) is 30.2 Å². The maximum atomic E-state index is 12.6. The molecule has 0 aliphatic carbocycles. The number of amides is 2. The van der Waals surface area contributed by atoms with E-state index in [1.54, 1.807) is 30.2 Å². The van der Waals surface area contributed by atoms with E-state index in [4.69, 9.17) is 9.47 Å². The monoisotopic (exact) mass is 350 g/mol. The van der Waals surface area contributed by atoms with Gasteiger partial charge in [-0.25, -0.2) is 4.79 Å². The van der Waals surface area contributed by atoms with Crippen molar-refractivity contribution in [1.82, 2.24) is 4.90 Å². The number of carboxylic acid groups (broad SMARTS) is 1. The van der Waals surface area contributed by atoms with Crippen molar-refractivity contribution in [2.24, 2.45) is 11.8 Å². The van der Waals surface area contributed by atoms with Crippen LogP contribution in [0, 0.1) is 11.8 Å². The molecule has 1 fully saturated rings. The highest BCUT2D eigenvalue weighted by Gasteiger charge is 2.32. The lowest BCUT2D eigenvalue weighted by atomic mass is 9.91. The second-order valence-electron chi connectivity index (χ2n) is 6.74. The number of carboxylic acids is 1. The highest BCUT2D eigenvalue weighted by Crippen LogP contribution is 2.31. The van der Waals surface area contributed by atoms with Crippen LogP contribution in [0.25, 0.3) is 0 Å². The van der Waals surface area contributed by atoms with Gasteiger partial charge in [0.2, 0.25) is 0 Å². The third kappa shape index (κ3) is 5.01. The summed E-state index contributed by atoms with van der Waals surface area (Å²) in [6, 6.07) is 4.86. The van der Waals surface area contributed by atoms with E-state index in [-0.39, 0.29) is 24.6 Å². The fourth-order valence-electron chi connectivity index (χ4n) is 2.98. The van der Waals surface area contributed by atoms with Crippen molar-refractivity contribution in [3.63, 3.8) is 0 Å². The molecule has 25 heavy (non-hydrogen) atoms. The zero-order chi connectivity index (χ0) is 18.6. The summed E-state index contributed by atoms with van der Waals surface area (Å²) >= 11 is 0. The van der Waals surface area contributed by atoms with Crippen molar-refractivity contribution in [3.05, 3.63) is 18.2 Å². The van der Waals surface area contributed by atoms with Gasteiger partial charge in [-0.1, -0.05) is 6.92 Å². The van der Waals surface area contributed by atoms with Crippen LogP contribution >= 0.6 is 0 Å². The Labute approximate surface area is 147 Å². The van der Waals surface area contributed by atoms with Gasteiger partial charge in [0.05, 0.1) is 24.8 Å². The summed E-state index contributed by atoms with van der Waals surface area (Å²) < 4.78 is 10.9. The Morgan fingerprint density at radius 2 is 2.04 bits per heavy atom. The molecule has 7 nitrogen and oxygen atoms in total. The first kappa shape index (κ1) is 18.9. The number of methoxy groups -OCH3 is 1. The fraction of sp³-hybridized carbons (Fsp3) is 0.556. The maximum absolute atomic E-state index is 12.6. The summed E-state index contributed by atoms with van der Waals surface area (Å²) in [5.74, 6) is -0.121. The molecule has 2 atom stereocenters. The Morgan fingerprint density at radius 1 is 1.32 bits per heavy atom. The molecule has 0 aromatic heterocycles. The van der Waals surface area contributed by atoms with E-state index in [2.05, 4.69) is 5.32 Å². The van der Waals surface area contributed by atoms with Crippen molar-refractivity contribution in [2.45, 2.75) is 33.3 Å². The normalized spacial score (nSPS) is 20.3. The molecule has 1 aromatic rings. The predicted octanol–water partition coefficient (Wildman–Crippen LogP) is 3.06. The van der Waals surface area contributed by atoms with Gasteiger partial charge in [0.15, 0.2) is 0 Å². The summed E-state index contributed by atoms with van der Waals surface area (Å²) in [5.41, 5.74) is 0.503. The molecule has 2 N–H and O–H groups in total. The lowest BCUT2D eigenvalue weighted by Gasteiger charge is -2.34. The molecule has 138 valence electrons. The first-order valence-corrected chi connectivity index (χ1v) is 8.43. The van der Waals surface area contributed by atoms with Gasteiger partial charge >= 0.3 is 12.0 Å². The number of benzene rings is 1. The van der Waals surface area contributed by atoms with Crippen molar-refractivity contribution in [3.8, 4) is 11.5 Å². The molecule has 2 rings (SSSR count). The number of hydrogen-bond acceptors (Lipinski definition) is 4. The van der Waals surface area contributed by atoms with E-state index < -0.39 is 11.9 Å². The number of urea groups is 1. The Kier molecular flexibility index (Phi) is 6.12. The minimum absolute atomic E-state index is 0.0459. The number of aliphatic carboxylic acids is 1. The van der Waals surface area contributed by atoms with Crippen LogP contribution in [0.3, 0.4) is 0 Å². The van der Waals surface area contributed by atoms with Gasteiger partial charge in [0.1, 0.15) is 11.5 Å². The third-order valence-corrected chi connectivity index (χ3v) is 4.09. The molecule has 1 saturated heterocycles. The van der Waals surface area contributed by atoms with Crippen LogP contribution in [-0.4, -0.2) is 48.3 Å². The molecule has 1 aliphatic rings. The van der Waals surface area contributed by atoms with Crippen molar-refractivity contribution < 1.29 is 24.2 Å². The average molecular weight is 350 g/mol. The fourth-order valence-corrected chi connectivity index (χ4v) is 2.98. The first-order chi connectivity index (χ1) is 11.8.